The number of nitrogens with zero attached hydrogens (tertiary/aromatic N) is 2. The Kier molecular flexibility index (Phi) is 4.03. The van der Waals surface area contributed by atoms with Gasteiger partial charge in [0.2, 0.25) is 0 Å². The molecule has 2 nitrogen and oxygen atoms in total. The first-order valence-electron chi connectivity index (χ1n) is 6.59. The predicted molar refractivity (Wildman–Crippen MR) is 71.0 cm³/mol. The molecule has 0 aliphatic carbocycles. The summed E-state index contributed by atoms with van der Waals surface area (Å²) in [6, 6.07) is 10.3. The monoisotopic (exact) mass is 228 g/mol. The first kappa shape index (κ1) is 12.0. The van der Waals surface area contributed by atoms with Gasteiger partial charge in [0.25, 0.3) is 0 Å². The molecule has 0 N–H and O–H groups in total. The van der Waals surface area contributed by atoms with Gasteiger partial charge in [0.15, 0.2) is 0 Å². The van der Waals surface area contributed by atoms with Gasteiger partial charge in [0.1, 0.15) is 6.07 Å². The van der Waals surface area contributed by atoms with Gasteiger partial charge in [0, 0.05) is 13.1 Å². The fourth-order valence-electron chi connectivity index (χ4n) is 2.66. The van der Waals surface area contributed by atoms with Crippen molar-refractivity contribution in [1.29, 1.82) is 5.26 Å². The van der Waals surface area contributed by atoms with Crippen LogP contribution in [0.4, 0.5) is 5.69 Å². The Morgan fingerprint density at radius 1 is 1.29 bits per heavy atom. The summed E-state index contributed by atoms with van der Waals surface area (Å²) in [7, 11) is 0. The maximum Gasteiger partial charge on any atom is 0.101 e. The average molecular weight is 228 g/mol. The molecule has 1 aromatic rings. The van der Waals surface area contributed by atoms with E-state index in [9.17, 15) is 0 Å². The fourth-order valence-corrected chi connectivity index (χ4v) is 2.66. The summed E-state index contributed by atoms with van der Waals surface area (Å²) in [4.78, 5) is 2.38. The lowest BCUT2D eigenvalue weighted by Crippen LogP contribution is -2.25. The van der Waals surface area contributed by atoms with E-state index in [1.54, 1.807) is 0 Å². The first-order valence-corrected chi connectivity index (χ1v) is 6.59. The molecule has 17 heavy (non-hydrogen) atoms. The van der Waals surface area contributed by atoms with Crippen molar-refractivity contribution in [2.24, 2.45) is 5.92 Å². The minimum Gasteiger partial charge on any atom is -0.370 e. The van der Waals surface area contributed by atoms with Crippen molar-refractivity contribution in [2.75, 3.05) is 18.0 Å². The molecule has 2 rings (SSSR count). The number of rotatable bonds is 2. The topological polar surface area (TPSA) is 27.0 Å². The Labute approximate surface area is 104 Å². The Morgan fingerprint density at radius 2 is 2.12 bits per heavy atom. The smallest absolute Gasteiger partial charge is 0.101 e. The highest BCUT2D eigenvalue weighted by molar-refractivity contribution is 5.59. The standard InChI is InChI=1S/C15H20N2/c1-2-13-6-5-10-17(11-9-13)15-8-4-3-7-14(15)12-16/h3-4,7-8,13H,2,5-6,9-11H2,1H3. The third-order valence-corrected chi connectivity index (χ3v) is 3.79. The second-order valence-electron chi connectivity index (χ2n) is 4.82. The molecule has 1 heterocycles. The van der Waals surface area contributed by atoms with Crippen LogP contribution in [-0.2, 0) is 0 Å². The average Bonchev–Trinajstić information content (AvgIpc) is 2.63. The molecule has 0 aromatic heterocycles. The maximum absolute atomic E-state index is 9.14. The number of hydrogen-bond acceptors (Lipinski definition) is 2. The number of para-hydroxylation sites is 1. The largest absolute Gasteiger partial charge is 0.370 e. The fraction of sp³-hybridized carbons (Fsp3) is 0.533. The summed E-state index contributed by atoms with van der Waals surface area (Å²) >= 11 is 0. The van der Waals surface area contributed by atoms with Crippen LogP contribution in [-0.4, -0.2) is 13.1 Å². The van der Waals surface area contributed by atoms with Crippen LogP contribution in [0, 0.1) is 17.2 Å². The molecule has 0 spiro atoms. The Bertz CT molecular complexity index is 406. The van der Waals surface area contributed by atoms with Crippen molar-refractivity contribution < 1.29 is 0 Å². The normalized spacial score (nSPS) is 20.7. The van der Waals surface area contributed by atoms with E-state index < -0.39 is 0 Å². The maximum atomic E-state index is 9.14. The summed E-state index contributed by atoms with van der Waals surface area (Å²) < 4.78 is 0. The molecule has 90 valence electrons. The van der Waals surface area contributed by atoms with Crippen LogP contribution in [0.1, 0.15) is 38.2 Å². The molecule has 2 heteroatoms. The van der Waals surface area contributed by atoms with Gasteiger partial charge in [-0.3, -0.25) is 0 Å². The molecule has 0 saturated carbocycles. The van der Waals surface area contributed by atoms with Gasteiger partial charge >= 0.3 is 0 Å². The molecule has 1 atom stereocenters. The number of nitriles is 1. The number of benzene rings is 1. The van der Waals surface area contributed by atoms with Crippen LogP contribution in [0.15, 0.2) is 24.3 Å². The van der Waals surface area contributed by atoms with Gasteiger partial charge in [-0.2, -0.15) is 5.26 Å². The molecule has 1 aliphatic rings. The summed E-state index contributed by atoms with van der Waals surface area (Å²) in [6.07, 6.45) is 5.13. The third-order valence-electron chi connectivity index (χ3n) is 3.79. The molecule has 0 radical (unpaired) electrons. The molecule has 1 aromatic carbocycles. The molecule has 0 bridgehead atoms. The van der Waals surface area contributed by atoms with E-state index in [1.807, 2.05) is 18.2 Å². The summed E-state index contributed by atoms with van der Waals surface area (Å²) in [5.74, 6) is 0.870. The third kappa shape index (κ3) is 2.79. The summed E-state index contributed by atoms with van der Waals surface area (Å²) in [5.41, 5.74) is 1.93. The van der Waals surface area contributed by atoms with Crippen LogP contribution >= 0.6 is 0 Å². The minimum absolute atomic E-state index is 0.808. The molecular formula is C15H20N2. The molecule has 1 aliphatic heterocycles. The molecule has 1 unspecified atom stereocenters. The van der Waals surface area contributed by atoms with Crippen LogP contribution in [0.5, 0.6) is 0 Å². The lowest BCUT2D eigenvalue weighted by Gasteiger charge is -2.23. The van der Waals surface area contributed by atoms with Gasteiger partial charge in [-0.25, -0.2) is 0 Å². The van der Waals surface area contributed by atoms with Crippen LogP contribution in [0.2, 0.25) is 0 Å². The van der Waals surface area contributed by atoms with Crippen LogP contribution < -0.4 is 4.90 Å². The molecule has 1 fully saturated rings. The van der Waals surface area contributed by atoms with Crippen LogP contribution in [0.25, 0.3) is 0 Å². The van der Waals surface area contributed by atoms with Gasteiger partial charge in [-0.15, -0.1) is 0 Å². The van der Waals surface area contributed by atoms with Crippen molar-refractivity contribution in [1.82, 2.24) is 0 Å². The summed E-state index contributed by atoms with van der Waals surface area (Å²) in [5, 5.41) is 9.14. The van der Waals surface area contributed by atoms with E-state index in [0.717, 1.165) is 30.3 Å². The van der Waals surface area contributed by atoms with E-state index in [-0.39, 0.29) is 0 Å². The molecule has 0 amide bonds. The van der Waals surface area contributed by atoms with Crippen molar-refractivity contribution in [3.63, 3.8) is 0 Å². The van der Waals surface area contributed by atoms with Crippen molar-refractivity contribution >= 4 is 5.69 Å². The number of hydrogen-bond donors (Lipinski definition) is 0. The zero-order chi connectivity index (χ0) is 12.1. The zero-order valence-corrected chi connectivity index (χ0v) is 10.5. The van der Waals surface area contributed by atoms with Gasteiger partial charge in [0.05, 0.1) is 11.3 Å². The highest BCUT2D eigenvalue weighted by atomic mass is 15.1. The Hall–Kier alpha value is -1.49. The lowest BCUT2D eigenvalue weighted by molar-refractivity contribution is 0.459. The zero-order valence-electron chi connectivity index (χ0n) is 10.5. The van der Waals surface area contributed by atoms with E-state index in [1.165, 1.54) is 25.7 Å². The SMILES string of the molecule is CCC1CCCN(c2ccccc2C#N)CC1. The highest BCUT2D eigenvalue weighted by Gasteiger charge is 2.17. The first-order chi connectivity index (χ1) is 8.35. The van der Waals surface area contributed by atoms with E-state index in [2.05, 4.69) is 24.0 Å². The van der Waals surface area contributed by atoms with E-state index in [0.29, 0.717) is 0 Å². The Balaban J connectivity index is 2.14. The van der Waals surface area contributed by atoms with Gasteiger partial charge < -0.3 is 4.90 Å². The molecule has 1 saturated heterocycles. The van der Waals surface area contributed by atoms with E-state index >= 15 is 0 Å². The highest BCUT2D eigenvalue weighted by Crippen LogP contribution is 2.26. The van der Waals surface area contributed by atoms with Crippen LogP contribution in [0.3, 0.4) is 0 Å². The Morgan fingerprint density at radius 3 is 2.88 bits per heavy atom. The second-order valence-corrected chi connectivity index (χ2v) is 4.82. The van der Waals surface area contributed by atoms with E-state index in [4.69, 9.17) is 5.26 Å². The minimum atomic E-state index is 0.808. The summed E-state index contributed by atoms with van der Waals surface area (Å²) in [6.45, 7) is 4.47. The molecular weight excluding hydrogens is 208 g/mol. The van der Waals surface area contributed by atoms with Gasteiger partial charge in [-0.05, 0) is 37.3 Å². The van der Waals surface area contributed by atoms with Crippen molar-refractivity contribution in [2.45, 2.75) is 32.6 Å². The van der Waals surface area contributed by atoms with Crippen molar-refractivity contribution in [3.8, 4) is 6.07 Å². The van der Waals surface area contributed by atoms with Gasteiger partial charge in [-0.1, -0.05) is 25.5 Å². The lowest BCUT2D eigenvalue weighted by atomic mass is 9.98. The second kappa shape index (κ2) is 5.72. The van der Waals surface area contributed by atoms with Crippen molar-refractivity contribution in [3.05, 3.63) is 29.8 Å². The quantitative estimate of drug-likeness (QED) is 0.773. The predicted octanol–water partition coefficient (Wildman–Crippen LogP) is 3.57. The number of anilines is 1.